The highest BCUT2D eigenvalue weighted by molar-refractivity contribution is 6.31. The van der Waals surface area contributed by atoms with Crippen molar-refractivity contribution in [3.05, 3.63) is 64.7 Å². The zero-order valence-corrected chi connectivity index (χ0v) is 14.0. The number of benzene rings is 1. The summed E-state index contributed by atoms with van der Waals surface area (Å²) in [5.74, 6) is -0.289. The van der Waals surface area contributed by atoms with Crippen molar-refractivity contribution < 1.29 is 9.18 Å². The van der Waals surface area contributed by atoms with E-state index in [-0.39, 0.29) is 10.9 Å². The number of hydrogen-bond donors (Lipinski definition) is 1. The van der Waals surface area contributed by atoms with E-state index in [1.807, 2.05) is 18.3 Å². The number of carbonyl (C=O) groups is 1. The van der Waals surface area contributed by atoms with E-state index in [0.29, 0.717) is 18.2 Å². The first-order chi connectivity index (χ1) is 11.6. The largest absolute Gasteiger partial charge is 0.339 e. The summed E-state index contributed by atoms with van der Waals surface area (Å²) < 4.78 is 13.1. The number of halogens is 2. The number of aromatic nitrogens is 1. The second kappa shape index (κ2) is 7.73. The molecule has 1 aliphatic rings. The van der Waals surface area contributed by atoms with E-state index < -0.39 is 5.82 Å². The zero-order valence-electron chi connectivity index (χ0n) is 13.2. The lowest BCUT2D eigenvalue weighted by Gasteiger charge is -2.31. The molecule has 0 bridgehead atoms. The molecule has 1 aliphatic heterocycles. The molecule has 0 radical (unpaired) electrons. The Bertz CT molecular complexity index is 703. The Kier molecular flexibility index (Phi) is 5.43. The molecule has 1 amide bonds. The fourth-order valence-corrected chi connectivity index (χ4v) is 3.11. The summed E-state index contributed by atoms with van der Waals surface area (Å²) in [6.45, 7) is 2.29. The fourth-order valence-electron chi connectivity index (χ4n) is 2.93. The third-order valence-corrected chi connectivity index (χ3v) is 4.63. The molecule has 1 N–H and O–H groups in total. The van der Waals surface area contributed by atoms with Gasteiger partial charge in [0.05, 0.1) is 11.7 Å². The molecule has 2 heterocycles. The number of nitrogens with zero attached hydrogens (tertiary/aromatic N) is 2. The van der Waals surface area contributed by atoms with Crippen LogP contribution in [0.4, 0.5) is 4.39 Å². The number of piperidine rings is 1. The molecule has 0 saturated carbocycles. The first kappa shape index (κ1) is 16.9. The smallest absolute Gasteiger partial charge is 0.252 e. The van der Waals surface area contributed by atoms with Gasteiger partial charge < -0.3 is 5.32 Å². The van der Waals surface area contributed by atoms with E-state index in [4.69, 9.17) is 11.6 Å². The van der Waals surface area contributed by atoms with Gasteiger partial charge in [0.15, 0.2) is 0 Å². The molecular formula is C18H19ClFN3O. The van der Waals surface area contributed by atoms with Crippen LogP contribution in [0.25, 0.3) is 0 Å². The van der Waals surface area contributed by atoms with Crippen molar-refractivity contribution in [2.75, 3.05) is 19.8 Å². The predicted octanol–water partition coefficient (Wildman–Crippen LogP) is 3.44. The molecule has 6 heteroatoms. The van der Waals surface area contributed by atoms with Gasteiger partial charge in [-0.3, -0.25) is 14.7 Å². The maximum Gasteiger partial charge on any atom is 0.252 e. The molecule has 1 aromatic carbocycles. The highest BCUT2D eigenvalue weighted by Gasteiger charge is 2.21. The summed E-state index contributed by atoms with van der Waals surface area (Å²) in [6.07, 6.45) is 3.88. The molecule has 3 rings (SSSR count). The van der Waals surface area contributed by atoms with Gasteiger partial charge in [-0.15, -0.1) is 0 Å². The van der Waals surface area contributed by atoms with Crippen molar-refractivity contribution in [3.8, 4) is 0 Å². The minimum absolute atomic E-state index is 0.0428. The molecule has 24 heavy (non-hydrogen) atoms. The lowest BCUT2D eigenvalue weighted by atomic mass is 9.93. The third-order valence-electron chi connectivity index (χ3n) is 4.34. The van der Waals surface area contributed by atoms with Crippen molar-refractivity contribution in [2.45, 2.75) is 18.8 Å². The quantitative estimate of drug-likeness (QED) is 0.921. The molecule has 126 valence electrons. The SMILES string of the molecule is O=C(NCN1CCC(c2ccccn2)CC1)c1ccc(F)c(Cl)c1. The Morgan fingerprint density at radius 3 is 2.75 bits per heavy atom. The van der Waals surface area contributed by atoms with Gasteiger partial charge >= 0.3 is 0 Å². The van der Waals surface area contributed by atoms with Crippen molar-refractivity contribution in [1.82, 2.24) is 15.2 Å². The predicted molar refractivity (Wildman–Crippen MR) is 91.5 cm³/mol. The number of hydrogen-bond acceptors (Lipinski definition) is 3. The van der Waals surface area contributed by atoms with Gasteiger partial charge in [0, 0.05) is 36.5 Å². The van der Waals surface area contributed by atoms with Crippen LogP contribution in [0.15, 0.2) is 42.6 Å². The highest BCUT2D eigenvalue weighted by Crippen LogP contribution is 2.25. The minimum atomic E-state index is -0.523. The summed E-state index contributed by atoms with van der Waals surface area (Å²) in [5.41, 5.74) is 1.51. The summed E-state index contributed by atoms with van der Waals surface area (Å²) >= 11 is 5.71. The lowest BCUT2D eigenvalue weighted by molar-refractivity contribution is 0.0910. The second-order valence-corrected chi connectivity index (χ2v) is 6.35. The molecule has 1 saturated heterocycles. The van der Waals surface area contributed by atoms with E-state index in [2.05, 4.69) is 21.3 Å². The van der Waals surface area contributed by atoms with Crippen LogP contribution in [-0.2, 0) is 0 Å². The normalized spacial score (nSPS) is 16.1. The number of nitrogens with one attached hydrogen (secondary N) is 1. The molecular weight excluding hydrogens is 329 g/mol. The molecule has 1 aromatic heterocycles. The van der Waals surface area contributed by atoms with Crippen LogP contribution in [0.1, 0.15) is 34.8 Å². The van der Waals surface area contributed by atoms with Crippen LogP contribution in [0.5, 0.6) is 0 Å². The molecule has 0 spiro atoms. The number of likely N-dealkylation sites (tertiary alicyclic amines) is 1. The summed E-state index contributed by atoms with van der Waals surface area (Å²) in [6, 6.07) is 10.00. The van der Waals surface area contributed by atoms with E-state index in [0.717, 1.165) is 31.6 Å². The maximum absolute atomic E-state index is 13.1. The lowest BCUT2D eigenvalue weighted by Crippen LogP contribution is -2.41. The average Bonchev–Trinajstić information content (AvgIpc) is 2.63. The average molecular weight is 348 g/mol. The number of pyridine rings is 1. The van der Waals surface area contributed by atoms with Gasteiger partial charge in [-0.1, -0.05) is 17.7 Å². The van der Waals surface area contributed by atoms with Gasteiger partial charge in [-0.2, -0.15) is 0 Å². The van der Waals surface area contributed by atoms with E-state index in [1.54, 1.807) is 0 Å². The Hall–Kier alpha value is -1.98. The summed E-state index contributed by atoms with van der Waals surface area (Å²) in [5, 5.41) is 2.82. The Morgan fingerprint density at radius 1 is 1.29 bits per heavy atom. The summed E-state index contributed by atoms with van der Waals surface area (Å²) in [4.78, 5) is 18.7. The van der Waals surface area contributed by atoms with Crippen molar-refractivity contribution in [1.29, 1.82) is 0 Å². The van der Waals surface area contributed by atoms with Crippen LogP contribution in [0, 0.1) is 5.82 Å². The molecule has 0 aliphatic carbocycles. The van der Waals surface area contributed by atoms with E-state index in [1.165, 1.54) is 18.2 Å². The van der Waals surface area contributed by atoms with Gasteiger partial charge in [-0.25, -0.2) is 4.39 Å². The standard InChI is InChI=1S/C18H19ClFN3O/c19-15-11-14(4-5-16(15)20)18(24)22-12-23-9-6-13(7-10-23)17-3-1-2-8-21-17/h1-5,8,11,13H,6-7,9-10,12H2,(H,22,24). The monoisotopic (exact) mass is 347 g/mol. The first-order valence-corrected chi connectivity index (χ1v) is 8.38. The van der Waals surface area contributed by atoms with Crippen molar-refractivity contribution >= 4 is 17.5 Å². The van der Waals surface area contributed by atoms with E-state index in [9.17, 15) is 9.18 Å². The second-order valence-electron chi connectivity index (χ2n) is 5.94. The van der Waals surface area contributed by atoms with Gasteiger partial charge in [0.1, 0.15) is 5.82 Å². The van der Waals surface area contributed by atoms with Gasteiger partial charge in [0.25, 0.3) is 5.91 Å². The third kappa shape index (κ3) is 4.10. The number of amides is 1. The van der Waals surface area contributed by atoms with Crippen LogP contribution < -0.4 is 5.32 Å². The summed E-state index contributed by atoms with van der Waals surface area (Å²) in [7, 11) is 0. The minimum Gasteiger partial charge on any atom is -0.339 e. The molecule has 1 fully saturated rings. The Morgan fingerprint density at radius 2 is 2.08 bits per heavy atom. The van der Waals surface area contributed by atoms with Crippen LogP contribution in [0.2, 0.25) is 5.02 Å². The number of rotatable bonds is 4. The van der Waals surface area contributed by atoms with Crippen molar-refractivity contribution in [3.63, 3.8) is 0 Å². The van der Waals surface area contributed by atoms with Crippen LogP contribution in [0.3, 0.4) is 0 Å². The molecule has 0 unspecified atom stereocenters. The topological polar surface area (TPSA) is 45.2 Å². The van der Waals surface area contributed by atoms with Gasteiger partial charge in [0.2, 0.25) is 0 Å². The van der Waals surface area contributed by atoms with Crippen LogP contribution >= 0.6 is 11.6 Å². The van der Waals surface area contributed by atoms with Crippen molar-refractivity contribution in [2.24, 2.45) is 0 Å². The Labute approximate surface area is 145 Å². The Balaban J connectivity index is 1.48. The van der Waals surface area contributed by atoms with Crippen LogP contribution in [-0.4, -0.2) is 35.5 Å². The highest BCUT2D eigenvalue weighted by atomic mass is 35.5. The molecule has 2 aromatic rings. The van der Waals surface area contributed by atoms with E-state index >= 15 is 0 Å². The first-order valence-electron chi connectivity index (χ1n) is 8.00. The number of carbonyl (C=O) groups excluding carboxylic acids is 1. The maximum atomic E-state index is 13.1. The fraction of sp³-hybridized carbons (Fsp3) is 0.333. The zero-order chi connectivity index (χ0) is 16.9. The van der Waals surface area contributed by atoms with Gasteiger partial charge in [-0.05, 0) is 43.2 Å². The molecule has 0 atom stereocenters. The molecule has 4 nitrogen and oxygen atoms in total.